The Balaban J connectivity index is 1.15. The molecule has 2 amide bonds. The zero-order chi connectivity index (χ0) is 22.9. The average Bonchev–Trinajstić information content (AvgIpc) is 3.12. The van der Waals surface area contributed by atoms with Crippen LogP contribution in [0.3, 0.4) is 0 Å². The SMILES string of the molecule is Cc1noc(C)c1C(=O)N1CCN(c2ccc(OC3CCN(C4CCC4)CC3)cc2)C(=O)C1. The summed E-state index contributed by atoms with van der Waals surface area (Å²) in [6.07, 6.45) is 6.48. The summed E-state index contributed by atoms with van der Waals surface area (Å²) in [5, 5.41) is 3.85. The number of piperidine rings is 1. The van der Waals surface area contributed by atoms with Crippen LogP contribution in [0, 0.1) is 13.8 Å². The fraction of sp³-hybridized carbons (Fsp3) is 0.560. The third kappa shape index (κ3) is 4.49. The number of amides is 2. The molecule has 0 spiro atoms. The standard InChI is InChI=1S/C25H32N4O4/c1-17-24(18(2)33-26-17)25(31)28-14-15-29(23(30)16-28)20-6-8-21(9-7-20)32-22-10-12-27(13-11-22)19-4-3-5-19/h6-9,19,22H,3-5,10-16H2,1-2H3. The highest BCUT2D eigenvalue weighted by Gasteiger charge is 2.32. The number of piperazine rings is 1. The first-order chi connectivity index (χ1) is 16.0. The summed E-state index contributed by atoms with van der Waals surface area (Å²) in [6.45, 7) is 6.66. The van der Waals surface area contributed by atoms with Crippen molar-refractivity contribution >= 4 is 17.5 Å². The van der Waals surface area contributed by atoms with E-state index in [1.165, 1.54) is 19.3 Å². The molecule has 0 bridgehead atoms. The molecule has 3 heterocycles. The monoisotopic (exact) mass is 452 g/mol. The molecule has 3 aliphatic rings. The Labute approximate surface area is 194 Å². The van der Waals surface area contributed by atoms with Gasteiger partial charge in [0.15, 0.2) is 0 Å². The van der Waals surface area contributed by atoms with E-state index in [1.807, 2.05) is 24.3 Å². The van der Waals surface area contributed by atoms with Crippen molar-refractivity contribution in [2.24, 2.45) is 0 Å². The van der Waals surface area contributed by atoms with E-state index in [0.717, 1.165) is 43.4 Å². The zero-order valence-corrected chi connectivity index (χ0v) is 19.5. The van der Waals surface area contributed by atoms with Crippen molar-refractivity contribution in [2.75, 3.05) is 37.6 Å². The normalized spacial score (nSPS) is 20.7. The number of anilines is 1. The quantitative estimate of drug-likeness (QED) is 0.693. The maximum atomic E-state index is 12.8. The number of ether oxygens (including phenoxy) is 1. The molecule has 176 valence electrons. The van der Waals surface area contributed by atoms with Crippen LogP contribution in [-0.2, 0) is 4.79 Å². The molecule has 8 nitrogen and oxygen atoms in total. The van der Waals surface area contributed by atoms with Gasteiger partial charge in [-0.1, -0.05) is 11.6 Å². The lowest BCUT2D eigenvalue weighted by Gasteiger charge is -2.41. The second-order valence-electron chi connectivity index (χ2n) is 9.40. The van der Waals surface area contributed by atoms with Crippen LogP contribution < -0.4 is 9.64 Å². The molecule has 0 atom stereocenters. The number of carbonyl (C=O) groups excluding carboxylic acids is 2. The molecule has 2 aromatic rings. The van der Waals surface area contributed by atoms with Crippen LogP contribution in [0.1, 0.15) is 53.9 Å². The Hall–Kier alpha value is -2.87. The maximum Gasteiger partial charge on any atom is 0.259 e. The van der Waals surface area contributed by atoms with Gasteiger partial charge in [0.1, 0.15) is 29.7 Å². The minimum absolute atomic E-state index is 0.0424. The van der Waals surface area contributed by atoms with Gasteiger partial charge in [0.25, 0.3) is 5.91 Å². The molecule has 33 heavy (non-hydrogen) atoms. The van der Waals surface area contributed by atoms with Gasteiger partial charge in [-0.3, -0.25) is 9.59 Å². The van der Waals surface area contributed by atoms with E-state index in [0.29, 0.717) is 30.1 Å². The Bertz CT molecular complexity index is 986. The van der Waals surface area contributed by atoms with Gasteiger partial charge in [-0.2, -0.15) is 0 Å². The van der Waals surface area contributed by atoms with Crippen molar-refractivity contribution in [1.29, 1.82) is 0 Å². The Kier molecular flexibility index (Phi) is 6.10. The van der Waals surface area contributed by atoms with Crippen LogP contribution in [0.5, 0.6) is 5.75 Å². The summed E-state index contributed by atoms with van der Waals surface area (Å²) in [5.41, 5.74) is 1.84. The lowest BCUT2D eigenvalue weighted by Crippen LogP contribution is -2.52. The first-order valence-electron chi connectivity index (χ1n) is 12.0. The highest BCUT2D eigenvalue weighted by atomic mass is 16.5. The zero-order valence-electron chi connectivity index (χ0n) is 19.5. The van der Waals surface area contributed by atoms with Crippen molar-refractivity contribution in [3.63, 3.8) is 0 Å². The van der Waals surface area contributed by atoms with E-state index in [2.05, 4.69) is 10.1 Å². The van der Waals surface area contributed by atoms with Crippen LogP contribution in [0.25, 0.3) is 0 Å². The van der Waals surface area contributed by atoms with Crippen molar-refractivity contribution in [2.45, 2.75) is 58.1 Å². The Morgan fingerprint density at radius 2 is 1.76 bits per heavy atom. The summed E-state index contributed by atoms with van der Waals surface area (Å²) in [6, 6.07) is 8.57. The Morgan fingerprint density at radius 3 is 2.33 bits per heavy atom. The highest BCUT2D eigenvalue weighted by molar-refractivity contribution is 6.02. The summed E-state index contributed by atoms with van der Waals surface area (Å²) in [4.78, 5) is 31.6. The first-order valence-corrected chi connectivity index (χ1v) is 12.0. The van der Waals surface area contributed by atoms with Gasteiger partial charge >= 0.3 is 0 Å². The second-order valence-corrected chi connectivity index (χ2v) is 9.40. The van der Waals surface area contributed by atoms with E-state index in [1.54, 1.807) is 23.6 Å². The minimum atomic E-state index is -0.202. The molecule has 8 heteroatoms. The smallest absolute Gasteiger partial charge is 0.259 e. The summed E-state index contributed by atoms with van der Waals surface area (Å²) < 4.78 is 11.3. The number of hydrogen-bond donors (Lipinski definition) is 0. The number of aromatic nitrogens is 1. The number of rotatable bonds is 5. The van der Waals surface area contributed by atoms with Gasteiger partial charge < -0.3 is 24.0 Å². The van der Waals surface area contributed by atoms with E-state index in [4.69, 9.17) is 9.26 Å². The van der Waals surface area contributed by atoms with Crippen LogP contribution in [0.4, 0.5) is 5.69 Å². The van der Waals surface area contributed by atoms with Crippen molar-refractivity contribution in [1.82, 2.24) is 15.0 Å². The fourth-order valence-corrected chi connectivity index (χ4v) is 5.07. The third-order valence-corrected chi connectivity index (χ3v) is 7.27. The van der Waals surface area contributed by atoms with E-state index in [-0.39, 0.29) is 24.5 Å². The number of benzene rings is 1. The van der Waals surface area contributed by atoms with Gasteiger partial charge in [-0.05, 0) is 63.8 Å². The molecule has 2 aliphatic heterocycles. The molecule has 5 rings (SSSR count). The number of nitrogens with zero attached hydrogens (tertiary/aromatic N) is 4. The van der Waals surface area contributed by atoms with Crippen LogP contribution in [0.2, 0.25) is 0 Å². The predicted octanol–water partition coefficient (Wildman–Crippen LogP) is 3.18. The van der Waals surface area contributed by atoms with Crippen molar-refractivity contribution < 1.29 is 18.8 Å². The summed E-state index contributed by atoms with van der Waals surface area (Å²) >= 11 is 0. The lowest BCUT2D eigenvalue weighted by molar-refractivity contribution is -0.120. The third-order valence-electron chi connectivity index (χ3n) is 7.27. The molecule has 3 fully saturated rings. The molecule has 1 saturated carbocycles. The molecule has 0 unspecified atom stereocenters. The lowest BCUT2D eigenvalue weighted by atomic mass is 9.90. The van der Waals surface area contributed by atoms with Crippen LogP contribution in [-0.4, -0.2) is 71.6 Å². The van der Waals surface area contributed by atoms with Gasteiger partial charge in [0.2, 0.25) is 5.91 Å². The van der Waals surface area contributed by atoms with E-state index >= 15 is 0 Å². The molecule has 2 saturated heterocycles. The van der Waals surface area contributed by atoms with Gasteiger partial charge in [0, 0.05) is 37.9 Å². The minimum Gasteiger partial charge on any atom is -0.490 e. The molecule has 0 radical (unpaired) electrons. The maximum absolute atomic E-state index is 12.8. The van der Waals surface area contributed by atoms with E-state index in [9.17, 15) is 9.59 Å². The Morgan fingerprint density at radius 1 is 1.03 bits per heavy atom. The van der Waals surface area contributed by atoms with Gasteiger partial charge in [0.05, 0.1) is 5.69 Å². The van der Waals surface area contributed by atoms with Gasteiger partial charge in [-0.25, -0.2) is 0 Å². The molecule has 0 N–H and O–H groups in total. The highest BCUT2D eigenvalue weighted by Crippen LogP contribution is 2.29. The topological polar surface area (TPSA) is 79.1 Å². The molecule has 1 aromatic heterocycles. The second kappa shape index (κ2) is 9.17. The van der Waals surface area contributed by atoms with Gasteiger partial charge in [-0.15, -0.1) is 0 Å². The summed E-state index contributed by atoms with van der Waals surface area (Å²) in [5.74, 6) is 1.03. The average molecular weight is 453 g/mol. The number of aryl methyl sites for hydroxylation is 2. The fourth-order valence-electron chi connectivity index (χ4n) is 5.07. The number of hydrogen-bond acceptors (Lipinski definition) is 6. The molecule has 1 aliphatic carbocycles. The van der Waals surface area contributed by atoms with Crippen LogP contribution in [0.15, 0.2) is 28.8 Å². The molecular formula is C25H32N4O4. The van der Waals surface area contributed by atoms with E-state index < -0.39 is 0 Å². The number of likely N-dealkylation sites (tertiary alicyclic amines) is 1. The molecular weight excluding hydrogens is 420 g/mol. The summed E-state index contributed by atoms with van der Waals surface area (Å²) in [7, 11) is 0. The van der Waals surface area contributed by atoms with Crippen molar-refractivity contribution in [3.05, 3.63) is 41.3 Å². The van der Waals surface area contributed by atoms with Crippen molar-refractivity contribution in [3.8, 4) is 5.75 Å². The molecule has 1 aromatic carbocycles. The van der Waals surface area contributed by atoms with Crippen LogP contribution >= 0.6 is 0 Å². The largest absolute Gasteiger partial charge is 0.490 e. The first kappa shape index (κ1) is 21.9. The number of carbonyl (C=O) groups is 2. The predicted molar refractivity (Wildman–Crippen MR) is 124 cm³/mol.